The molecule has 0 saturated heterocycles. The van der Waals surface area contributed by atoms with Crippen LogP contribution in [0.15, 0.2) is 103 Å². The summed E-state index contributed by atoms with van der Waals surface area (Å²) in [5.74, 6) is -1.23. The van der Waals surface area contributed by atoms with E-state index in [1.165, 1.54) is 11.3 Å². The van der Waals surface area contributed by atoms with Crippen molar-refractivity contribution in [1.82, 2.24) is 20.6 Å². The van der Waals surface area contributed by atoms with E-state index in [0.717, 1.165) is 40.2 Å². The molecule has 0 bridgehead atoms. The Kier molecular flexibility index (Phi) is 10.6. The third-order valence-electron chi connectivity index (χ3n) is 8.53. The largest absolute Gasteiger partial charge is 0.490 e. The number of nitrogens with one attached hydrogen (secondary N) is 2. The van der Waals surface area contributed by atoms with Crippen molar-refractivity contribution in [2.75, 3.05) is 0 Å². The molecule has 3 atom stereocenters. The molecule has 4 N–H and O–H groups in total. The number of carboxylic acids is 1. The Morgan fingerprint density at radius 2 is 1.49 bits per heavy atom. The zero-order valence-electron chi connectivity index (χ0n) is 28.6. The summed E-state index contributed by atoms with van der Waals surface area (Å²) in [7, 11) is 0. The molecule has 0 radical (unpaired) electrons. The molecule has 1 aliphatic rings. The standard InChI is InChI=1S/C40H40N4O6S/c1-40(2,3)33-20-19-32(51-33)38(47)43-31(37(46)44-34(39(48)49)35(45)26-7-5-4-6-8-26)21-24-9-11-27(12-10-24)36-41-22-28(23-42-36)25-13-15-29(16-14-25)50-30-17-18-30/h4-16,19-20,22-23,30-31,34-35,45H,17-18,21H2,1-3H3,(H,43,47)(H,44,46)(H,48,49). The van der Waals surface area contributed by atoms with E-state index in [2.05, 4.69) is 20.6 Å². The van der Waals surface area contributed by atoms with E-state index in [0.29, 0.717) is 27.9 Å². The van der Waals surface area contributed by atoms with Crippen LogP contribution in [0.5, 0.6) is 5.75 Å². The van der Waals surface area contributed by atoms with E-state index in [-0.39, 0.29) is 11.8 Å². The summed E-state index contributed by atoms with van der Waals surface area (Å²) in [4.78, 5) is 49.9. The number of carboxylic acid groups (broad SMARTS) is 1. The fraction of sp³-hybridized carbons (Fsp3) is 0.275. The third kappa shape index (κ3) is 9.05. The monoisotopic (exact) mass is 704 g/mol. The fourth-order valence-corrected chi connectivity index (χ4v) is 6.40. The molecule has 2 aromatic heterocycles. The van der Waals surface area contributed by atoms with Crippen LogP contribution in [0.4, 0.5) is 0 Å². The maximum absolute atomic E-state index is 13.7. The topological polar surface area (TPSA) is 151 Å². The number of aliphatic hydroxyl groups is 1. The van der Waals surface area contributed by atoms with Crippen molar-refractivity contribution in [1.29, 1.82) is 0 Å². The van der Waals surface area contributed by atoms with Gasteiger partial charge in [0, 0.05) is 34.8 Å². The SMILES string of the molecule is CC(C)(C)c1ccc(C(=O)NC(Cc2ccc(-c3ncc(-c4ccc(OC5CC5)cc4)cn3)cc2)C(=O)NC(C(=O)O)C(O)c2ccccc2)s1. The highest BCUT2D eigenvalue weighted by molar-refractivity contribution is 7.14. The molecule has 262 valence electrons. The Labute approximate surface area is 300 Å². The Morgan fingerprint density at radius 1 is 0.843 bits per heavy atom. The van der Waals surface area contributed by atoms with Crippen molar-refractivity contribution in [2.24, 2.45) is 0 Å². The van der Waals surface area contributed by atoms with Gasteiger partial charge in [-0.05, 0) is 59.2 Å². The van der Waals surface area contributed by atoms with Gasteiger partial charge in [-0.2, -0.15) is 0 Å². The number of rotatable bonds is 13. The molecule has 10 nitrogen and oxygen atoms in total. The van der Waals surface area contributed by atoms with Crippen LogP contribution in [-0.4, -0.2) is 56.2 Å². The molecule has 5 aromatic rings. The lowest BCUT2D eigenvalue weighted by Crippen LogP contribution is -2.54. The number of carbonyl (C=O) groups is 3. The van der Waals surface area contributed by atoms with Crippen LogP contribution >= 0.6 is 11.3 Å². The second kappa shape index (κ2) is 15.2. The van der Waals surface area contributed by atoms with Gasteiger partial charge < -0.3 is 25.6 Å². The summed E-state index contributed by atoms with van der Waals surface area (Å²) in [6, 6.07) is 24.2. The second-order valence-electron chi connectivity index (χ2n) is 13.7. The lowest BCUT2D eigenvalue weighted by Gasteiger charge is -2.24. The van der Waals surface area contributed by atoms with Gasteiger partial charge in [0.05, 0.1) is 11.0 Å². The first-order valence-electron chi connectivity index (χ1n) is 16.8. The second-order valence-corrected chi connectivity index (χ2v) is 14.7. The van der Waals surface area contributed by atoms with Crippen LogP contribution in [0.25, 0.3) is 22.5 Å². The molecule has 0 aliphatic heterocycles. The molecule has 2 heterocycles. The maximum atomic E-state index is 13.7. The number of nitrogens with zero attached hydrogens (tertiary/aromatic N) is 2. The third-order valence-corrected chi connectivity index (χ3v) is 10.0. The predicted molar refractivity (Wildman–Crippen MR) is 195 cm³/mol. The van der Waals surface area contributed by atoms with Crippen LogP contribution in [-0.2, 0) is 21.4 Å². The highest BCUT2D eigenvalue weighted by Crippen LogP contribution is 2.30. The maximum Gasteiger partial charge on any atom is 0.329 e. The van der Waals surface area contributed by atoms with Crippen LogP contribution in [0, 0.1) is 0 Å². The van der Waals surface area contributed by atoms with Crippen molar-refractivity contribution in [3.05, 3.63) is 124 Å². The van der Waals surface area contributed by atoms with E-state index in [4.69, 9.17) is 4.74 Å². The van der Waals surface area contributed by atoms with Gasteiger partial charge in [-0.15, -0.1) is 11.3 Å². The molecule has 1 aliphatic carbocycles. The first-order chi connectivity index (χ1) is 24.4. The van der Waals surface area contributed by atoms with E-state index < -0.39 is 36.0 Å². The van der Waals surface area contributed by atoms with Gasteiger partial charge >= 0.3 is 5.97 Å². The average molecular weight is 705 g/mol. The summed E-state index contributed by atoms with van der Waals surface area (Å²) in [6.07, 6.45) is 4.62. The van der Waals surface area contributed by atoms with Crippen LogP contribution < -0.4 is 15.4 Å². The van der Waals surface area contributed by atoms with Crippen molar-refractivity contribution in [3.8, 4) is 28.3 Å². The molecule has 3 unspecified atom stereocenters. The Bertz CT molecular complexity index is 1970. The average Bonchev–Trinajstić information content (AvgIpc) is 3.79. The van der Waals surface area contributed by atoms with Gasteiger partial charge in [-0.25, -0.2) is 14.8 Å². The number of carbonyl (C=O) groups excluding carboxylic acids is 2. The van der Waals surface area contributed by atoms with Crippen LogP contribution in [0.1, 0.15) is 65.4 Å². The van der Waals surface area contributed by atoms with Crippen LogP contribution in [0.2, 0.25) is 0 Å². The number of benzene rings is 3. The smallest absolute Gasteiger partial charge is 0.329 e. The molecular weight excluding hydrogens is 665 g/mol. The summed E-state index contributed by atoms with van der Waals surface area (Å²) in [6.45, 7) is 6.15. The minimum absolute atomic E-state index is 0.0589. The highest BCUT2D eigenvalue weighted by atomic mass is 32.1. The van der Waals surface area contributed by atoms with E-state index >= 15 is 0 Å². The number of amides is 2. The van der Waals surface area contributed by atoms with Crippen molar-refractivity contribution in [3.63, 3.8) is 0 Å². The van der Waals surface area contributed by atoms with Gasteiger partial charge in [0.1, 0.15) is 17.9 Å². The van der Waals surface area contributed by atoms with Gasteiger partial charge in [0.2, 0.25) is 5.91 Å². The number of aromatic nitrogens is 2. The normalized spacial score (nSPS) is 14.6. The van der Waals surface area contributed by atoms with Crippen molar-refractivity contribution in [2.45, 2.75) is 69.7 Å². The van der Waals surface area contributed by atoms with Crippen LogP contribution in [0.3, 0.4) is 0 Å². The number of hydrogen-bond donors (Lipinski definition) is 4. The number of aliphatic hydroxyl groups excluding tert-OH is 1. The lowest BCUT2D eigenvalue weighted by molar-refractivity contribution is -0.145. The minimum atomic E-state index is -1.65. The molecule has 1 saturated carbocycles. The molecule has 11 heteroatoms. The number of aliphatic carboxylic acids is 1. The molecule has 3 aromatic carbocycles. The summed E-state index contributed by atoms with van der Waals surface area (Å²) in [5, 5.41) is 26.1. The number of ether oxygens (including phenoxy) is 1. The van der Waals surface area contributed by atoms with Crippen molar-refractivity contribution >= 4 is 29.1 Å². The highest BCUT2D eigenvalue weighted by Gasteiger charge is 2.33. The summed E-state index contributed by atoms with van der Waals surface area (Å²) in [5.41, 5.74) is 3.49. The Balaban J connectivity index is 1.18. The first kappa shape index (κ1) is 35.4. The zero-order valence-corrected chi connectivity index (χ0v) is 29.4. The molecule has 2 amide bonds. The van der Waals surface area contributed by atoms with Gasteiger partial charge in [0.15, 0.2) is 11.9 Å². The predicted octanol–water partition coefficient (Wildman–Crippen LogP) is 6.35. The molecule has 6 rings (SSSR count). The first-order valence-corrected chi connectivity index (χ1v) is 17.6. The lowest BCUT2D eigenvalue weighted by atomic mass is 9.95. The minimum Gasteiger partial charge on any atom is -0.490 e. The van der Waals surface area contributed by atoms with Gasteiger partial charge in [-0.1, -0.05) is 87.5 Å². The number of thiophene rings is 1. The quantitative estimate of drug-likeness (QED) is 0.111. The number of hydrogen-bond acceptors (Lipinski definition) is 8. The summed E-state index contributed by atoms with van der Waals surface area (Å²) < 4.78 is 5.84. The fourth-order valence-electron chi connectivity index (χ4n) is 5.43. The van der Waals surface area contributed by atoms with E-state index in [1.807, 2.05) is 75.4 Å². The van der Waals surface area contributed by atoms with E-state index in [1.54, 1.807) is 48.8 Å². The van der Waals surface area contributed by atoms with E-state index in [9.17, 15) is 24.6 Å². The van der Waals surface area contributed by atoms with Gasteiger partial charge in [0.25, 0.3) is 5.91 Å². The molecule has 1 fully saturated rings. The molecule has 51 heavy (non-hydrogen) atoms. The van der Waals surface area contributed by atoms with Gasteiger partial charge in [-0.3, -0.25) is 9.59 Å². The molecular formula is C40H40N4O6S. The Hall–Kier alpha value is -5.39. The summed E-state index contributed by atoms with van der Waals surface area (Å²) >= 11 is 1.34. The Morgan fingerprint density at radius 3 is 2.08 bits per heavy atom. The molecule has 0 spiro atoms. The van der Waals surface area contributed by atoms with Crippen molar-refractivity contribution < 1.29 is 29.3 Å². The zero-order chi connectivity index (χ0) is 36.1.